The number of fused-ring (bicyclic) bond motifs is 24. The van der Waals surface area contributed by atoms with Gasteiger partial charge in [-0.15, -0.1) is 11.3 Å². The molecule has 0 unspecified atom stereocenters. The molecular formula is C135H83N10O3PS. The summed E-state index contributed by atoms with van der Waals surface area (Å²) < 4.78 is 33.0. The van der Waals surface area contributed by atoms with Crippen LogP contribution >= 0.6 is 18.5 Å². The number of rotatable bonds is 14. The van der Waals surface area contributed by atoms with Gasteiger partial charge in [-0.25, -0.2) is 44.9 Å². The molecule has 15 heteroatoms. The van der Waals surface area contributed by atoms with Crippen molar-refractivity contribution < 1.29 is 13.4 Å². The number of benzene rings is 21. The molecule has 0 saturated carbocycles. The highest BCUT2D eigenvalue weighted by molar-refractivity contribution is 7.85. The Balaban J connectivity index is 0.000000109. The van der Waals surface area contributed by atoms with Crippen molar-refractivity contribution in [2.24, 2.45) is 0 Å². The summed E-state index contributed by atoms with van der Waals surface area (Å²) in [4.78, 5) is 46.1. The quantitative estimate of drug-likeness (QED) is 0.0749. The molecule has 9 aromatic heterocycles. The Kier molecular flexibility index (Phi) is 21.7. The molecule has 0 aliphatic heterocycles. The Morgan fingerprint density at radius 3 is 1.00 bits per heavy atom. The molecule has 702 valence electrons. The van der Waals surface area contributed by atoms with Crippen LogP contribution in [0.3, 0.4) is 0 Å². The van der Waals surface area contributed by atoms with Gasteiger partial charge < -0.3 is 18.0 Å². The van der Waals surface area contributed by atoms with Crippen LogP contribution in [0.4, 0.5) is 0 Å². The molecule has 13 nitrogen and oxygen atoms in total. The van der Waals surface area contributed by atoms with Crippen LogP contribution in [0.25, 0.3) is 270 Å². The van der Waals surface area contributed by atoms with Crippen LogP contribution in [0.2, 0.25) is 0 Å². The van der Waals surface area contributed by atoms with Crippen molar-refractivity contribution >= 4 is 185 Å². The summed E-state index contributed by atoms with van der Waals surface area (Å²) in [6.07, 6.45) is 0. The summed E-state index contributed by atoms with van der Waals surface area (Å²) in [7, 11) is -3.08. The molecular weight excluding hydrogens is 1870 g/mol. The van der Waals surface area contributed by atoms with Crippen molar-refractivity contribution in [1.82, 2.24) is 49.4 Å². The zero-order chi connectivity index (χ0) is 99.3. The largest absolute Gasteiger partial charge is 0.455 e. The van der Waals surface area contributed by atoms with Gasteiger partial charge in [0.05, 0.1) is 55.4 Å². The molecule has 0 saturated heterocycles. The topological polar surface area (TPSA) is 164 Å². The lowest BCUT2D eigenvalue weighted by Crippen LogP contribution is -2.25. The van der Waals surface area contributed by atoms with E-state index in [1.807, 2.05) is 205 Å². The van der Waals surface area contributed by atoms with E-state index in [-0.39, 0.29) is 0 Å². The van der Waals surface area contributed by atoms with Crippen molar-refractivity contribution in [2.45, 2.75) is 0 Å². The highest BCUT2D eigenvalue weighted by Crippen LogP contribution is 2.50. The SMILES string of the molecule is O=P(c1ccccc1)(c1ccccc1)c1cccc(-c2ccc(-c3nc4c5ccccc5ccc4c4sc5ccccc5c34)cc2)c1.c1ccc(-c2nc(-c3ccc(-n4c5ccccc5c5ccccc54)cc3)nc(-c3cccc(-c4nc5c6ccccc6ccc5c5oc6ccccc6c45)c3)n2)cc1.c1ccc(-c2nc(-c3ccccc3)nc(-c3ccc(-c4nc5c6ccccc6ccc5c5oc6ccccc6c45)cc3)n2)cc1. The van der Waals surface area contributed by atoms with Gasteiger partial charge in [0.2, 0.25) is 0 Å². The third-order valence-corrected chi connectivity index (χ3v) is 32.9. The monoisotopic (exact) mass is 1950 g/mol. The zero-order valence-corrected chi connectivity index (χ0v) is 82.2. The Hall–Kier alpha value is -19.5. The van der Waals surface area contributed by atoms with E-state index in [2.05, 4.69) is 314 Å². The lowest BCUT2D eigenvalue weighted by Gasteiger charge is -2.20. The number of hydrogen-bond donors (Lipinski definition) is 0. The molecule has 0 spiro atoms. The fraction of sp³-hybridized carbons (Fsp3) is 0. The molecule has 0 bridgehead atoms. The maximum absolute atomic E-state index is 15.0. The first-order valence-electron chi connectivity index (χ1n) is 50.0. The highest BCUT2D eigenvalue weighted by Gasteiger charge is 2.32. The van der Waals surface area contributed by atoms with Gasteiger partial charge in [-0.1, -0.05) is 425 Å². The van der Waals surface area contributed by atoms with E-state index in [0.717, 1.165) is 193 Å². The van der Waals surface area contributed by atoms with E-state index in [9.17, 15) is 0 Å². The van der Waals surface area contributed by atoms with Crippen molar-refractivity contribution in [3.8, 4) is 119 Å². The third kappa shape index (κ3) is 15.5. The van der Waals surface area contributed by atoms with E-state index in [1.165, 1.54) is 58.1 Å². The maximum atomic E-state index is 15.0. The Morgan fingerprint density at radius 1 is 0.207 bits per heavy atom. The molecule has 0 amide bonds. The van der Waals surface area contributed by atoms with Crippen molar-refractivity contribution in [3.63, 3.8) is 0 Å². The normalized spacial score (nSPS) is 11.8. The van der Waals surface area contributed by atoms with Crippen LogP contribution in [0.1, 0.15) is 0 Å². The maximum Gasteiger partial charge on any atom is 0.171 e. The van der Waals surface area contributed by atoms with Crippen LogP contribution in [-0.2, 0) is 4.57 Å². The van der Waals surface area contributed by atoms with Crippen LogP contribution in [0.5, 0.6) is 0 Å². The van der Waals surface area contributed by atoms with E-state index in [4.69, 9.17) is 53.7 Å². The standard InChI is InChI=1S/C52H31N5O.C43H28NOPS.C40H24N4O/c1-2-14-33(15-3-1)50-54-51(34-25-28-37(29-26-34)57-43-22-9-6-19-39(43)40-20-7-10-23-44(40)57)56-52(55-50)36-17-12-16-35(31-36)47-46-41-21-8-11-24-45(41)58-49(46)42-30-27-32-13-4-5-18-38(32)48(42)53-47;45-46(33-14-3-1-4-15-33,34-16-5-2-6-17-34)35-18-11-13-32(28-35)29-22-24-31(25-23-29)41-40-37-20-9-10-21-39(37)47-43(40)38-27-26-30-12-7-8-19-36(30)42(38)44-41;1-3-12-27(13-4-1)38-42-39(28-14-5-2-6-15-28)44-40(43-38)29-21-19-26(20-22-29)35-34-31-17-9-10-18-33(31)45-37(34)32-24-23-25-11-7-8-16-30(25)36(32)41-35/h1-31H;1-28H;1-24H. The Bertz CT molecular complexity index is 10500. The van der Waals surface area contributed by atoms with Gasteiger partial charge in [-0.3, -0.25) is 0 Å². The fourth-order valence-corrected chi connectivity index (χ4v) is 25.4. The first kappa shape index (κ1) is 88.2. The zero-order valence-electron chi connectivity index (χ0n) is 80.5. The van der Waals surface area contributed by atoms with Gasteiger partial charge in [0.25, 0.3) is 0 Å². The van der Waals surface area contributed by atoms with E-state index in [1.54, 1.807) is 0 Å². The number of nitrogens with zero attached hydrogens (tertiary/aromatic N) is 10. The Morgan fingerprint density at radius 2 is 0.527 bits per heavy atom. The molecule has 0 aliphatic carbocycles. The number of furan rings is 2. The average Bonchev–Trinajstić information content (AvgIpc) is 1.55. The van der Waals surface area contributed by atoms with Gasteiger partial charge in [-0.2, -0.15) is 0 Å². The molecule has 30 aromatic rings. The summed E-state index contributed by atoms with van der Waals surface area (Å²) in [6.45, 7) is 0. The molecule has 0 N–H and O–H groups in total. The van der Waals surface area contributed by atoms with Gasteiger partial charge in [-0.05, 0) is 106 Å². The van der Waals surface area contributed by atoms with Crippen LogP contribution in [-0.4, -0.2) is 49.4 Å². The first-order chi connectivity index (χ1) is 74.2. The number of hydrogen-bond acceptors (Lipinski definition) is 13. The molecule has 21 aromatic carbocycles. The number of pyridine rings is 3. The average molecular weight is 1960 g/mol. The minimum absolute atomic E-state index is 0.580. The predicted octanol–water partition coefficient (Wildman–Crippen LogP) is 34.1. The minimum Gasteiger partial charge on any atom is -0.455 e. The second-order valence-electron chi connectivity index (χ2n) is 37.5. The van der Waals surface area contributed by atoms with Gasteiger partial charge in [0, 0.05) is 146 Å². The molecule has 9 heterocycles. The van der Waals surface area contributed by atoms with E-state index < -0.39 is 7.14 Å². The highest BCUT2D eigenvalue weighted by atomic mass is 32.1. The van der Waals surface area contributed by atoms with E-state index in [0.29, 0.717) is 34.9 Å². The third-order valence-electron chi connectivity index (χ3n) is 28.7. The van der Waals surface area contributed by atoms with Crippen molar-refractivity contribution in [3.05, 3.63) is 504 Å². The second kappa shape index (κ2) is 37.0. The van der Waals surface area contributed by atoms with Crippen LogP contribution in [0, 0.1) is 0 Å². The number of para-hydroxylation sites is 4. The summed E-state index contributed by atoms with van der Waals surface area (Å²) in [5, 5.41) is 21.5. The molecule has 0 atom stereocenters. The summed E-state index contributed by atoms with van der Waals surface area (Å²) in [5.74, 6) is 3.68. The minimum atomic E-state index is -3.08. The number of thiophene rings is 1. The van der Waals surface area contributed by atoms with Crippen molar-refractivity contribution in [2.75, 3.05) is 0 Å². The Labute approximate surface area is 864 Å². The van der Waals surface area contributed by atoms with Crippen LogP contribution in [0.15, 0.2) is 512 Å². The summed E-state index contributed by atoms with van der Waals surface area (Å²) in [6, 6.07) is 172. The lowest BCUT2D eigenvalue weighted by molar-refractivity contribution is 0.592. The summed E-state index contributed by atoms with van der Waals surface area (Å²) in [5.41, 5.74) is 22.9. The van der Waals surface area contributed by atoms with Gasteiger partial charge in [0.1, 0.15) is 22.3 Å². The molecule has 150 heavy (non-hydrogen) atoms. The predicted molar refractivity (Wildman–Crippen MR) is 620 cm³/mol. The van der Waals surface area contributed by atoms with Crippen LogP contribution < -0.4 is 15.9 Å². The lowest BCUT2D eigenvalue weighted by atomic mass is 9.98. The fourth-order valence-electron chi connectivity index (χ4n) is 21.5. The first-order valence-corrected chi connectivity index (χ1v) is 52.6. The van der Waals surface area contributed by atoms with Gasteiger partial charge in [0.15, 0.2) is 42.1 Å². The molecule has 0 radical (unpaired) electrons. The summed E-state index contributed by atoms with van der Waals surface area (Å²) >= 11 is 1.84. The number of aromatic nitrogens is 10. The van der Waals surface area contributed by atoms with Crippen molar-refractivity contribution in [1.29, 1.82) is 0 Å². The molecule has 30 rings (SSSR count). The molecule has 0 aliphatic rings. The van der Waals surface area contributed by atoms with Gasteiger partial charge >= 0.3 is 0 Å². The smallest absolute Gasteiger partial charge is 0.171 e. The van der Waals surface area contributed by atoms with E-state index >= 15 is 4.57 Å². The molecule has 0 fully saturated rings. The second-order valence-corrected chi connectivity index (χ2v) is 41.4.